The molecule has 2 aromatic rings. The topological polar surface area (TPSA) is 95.1 Å². The van der Waals surface area contributed by atoms with Crippen molar-refractivity contribution in [2.75, 3.05) is 26.2 Å². The highest BCUT2D eigenvalue weighted by Gasteiger charge is 2.38. The average Bonchev–Trinajstić information content (AvgIpc) is 3.35. The molecule has 0 unspecified atom stereocenters. The molecule has 1 fully saturated rings. The monoisotopic (exact) mass is 447 g/mol. The van der Waals surface area contributed by atoms with E-state index in [9.17, 15) is 22.8 Å². The molecule has 158 valence electrons. The number of amides is 3. The number of carbonyl (C=O) groups excluding carboxylic acids is 3. The van der Waals surface area contributed by atoms with E-state index >= 15 is 0 Å². The molecule has 30 heavy (non-hydrogen) atoms. The lowest BCUT2D eigenvalue weighted by Gasteiger charge is -2.33. The van der Waals surface area contributed by atoms with Gasteiger partial charge in [-0.15, -0.1) is 11.3 Å². The number of imide groups is 1. The fourth-order valence-electron chi connectivity index (χ4n) is 3.71. The van der Waals surface area contributed by atoms with Gasteiger partial charge in [-0.3, -0.25) is 19.3 Å². The summed E-state index contributed by atoms with van der Waals surface area (Å²) in [4.78, 5) is 40.7. The first-order valence-electron chi connectivity index (χ1n) is 9.56. The number of thiophene rings is 1. The maximum Gasteiger partial charge on any atom is 0.261 e. The van der Waals surface area contributed by atoms with Crippen LogP contribution >= 0.6 is 11.3 Å². The number of benzene rings is 1. The second kappa shape index (κ2) is 7.60. The molecule has 3 heterocycles. The van der Waals surface area contributed by atoms with Gasteiger partial charge in [0.05, 0.1) is 11.1 Å². The van der Waals surface area contributed by atoms with Crippen molar-refractivity contribution in [3.05, 3.63) is 52.4 Å². The Morgan fingerprint density at radius 3 is 2.27 bits per heavy atom. The lowest BCUT2D eigenvalue weighted by atomic mass is 10.0. The number of hydrogen-bond donors (Lipinski definition) is 0. The van der Waals surface area contributed by atoms with Crippen LogP contribution in [-0.2, 0) is 10.0 Å². The number of hydrogen-bond acceptors (Lipinski definition) is 6. The number of fused-ring (bicyclic) bond motifs is 1. The zero-order valence-corrected chi connectivity index (χ0v) is 18.2. The highest BCUT2D eigenvalue weighted by Crippen LogP contribution is 2.27. The quantitative estimate of drug-likeness (QED) is 0.667. The zero-order chi connectivity index (χ0) is 21.6. The lowest BCUT2D eigenvalue weighted by Crippen LogP contribution is -2.50. The van der Waals surface area contributed by atoms with E-state index in [4.69, 9.17) is 0 Å². The first-order chi connectivity index (χ1) is 14.2. The molecule has 4 rings (SSSR count). The van der Waals surface area contributed by atoms with E-state index in [1.165, 1.54) is 32.7 Å². The van der Waals surface area contributed by atoms with Gasteiger partial charge < -0.3 is 4.90 Å². The van der Waals surface area contributed by atoms with Crippen molar-refractivity contribution in [1.29, 1.82) is 0 Å². The standard InChI is InChI=1S/C20H21N3O5S2/c1-13(2)23-19(25)15-6-5-14(12-16(15)20(23)26)18(24)21-7-9-22(10-8-21)30(27,28)17-4-3-11-29-17/h3-6,11-13H,7-10H2,1-2H3. The Kier molecular flexibility index (Phi) is 5.25. The third-order valence-corrected chi connectivity index (χ3v) is 8.57. The summed E-state index contributed by atoms with van der Waals surface area (Å²) in [7, 11) is -3.54. The molecular weight excluding hydrogens is 426 g/mol. The fourth-order valence-corrected chi connectivity index (χ4v) is 6.28. The highest BCUT2D eigenvalue weighted by molar-refractivity contribution is 7.91. The van der Waals surface area contributed by atoms with Crippen LogP contribution in [0, 0.1) is 0 Å². The van der Waals surface area contributed by atoms with Crippen molar-refractivity contribution >= 4 is 39.1 Å². The molecule has 8 nitrogen and oxygen atoms in total. The average molecular weight is 448 g/mol. The van der Waals surface area contributed by atoms with Crippen molar-refractivity contribution in [2.24, 2.45) is 0 Å². The van der Waals surface area contributed by atoms with E-state index in [1.54, 1.807) is 42.3 Å². The molecule has 0 spiro atoms. The Labute approximate surface area is 178 Å². The predicted molar refractivity (Wildman–Crippen MR) is 111 cm³/mol. The zero-order valence-electron chi connectivity index (χ0n) is 16.6. The van der Waals surface area contributed by atoms with Crippen molar-refractivity contribution in [3.63, 3.8) is 0 Å². The van der Waals surface area contributed by atoms with Crippen LogP contribution in [0.4, 0.5) is 0 Å². The minimum atomic E-state index is -3.54. The van der Waals surface area contributed by atoms with E-state index in [2.05, 4.69) is 0 Å². The molecule has 10 heteroatoms. The molecule has 1 saturated heterocycles. The molecule has 2 aliphatic rings. The minimum absolute atomic E-state index is 0.204. The summed E-state index contributed by atoms with van der Waals surface area (Å²) in [6, 6.07) is 7.52. The van der Waals surface area contributed by atoms with E-state index in [1.807, 2.05) is 0 Å². The van der Waals surface area contributed by atoms with Crippen molar-refractivity contribution in [2.45, 2.75) is 24.1 Å². The van der Waals surface area contributed by atoms with Crippen LogP contribution in [0.25, 0.3) is 0 Å². The van der Waals surface area contributed by atoms with Crippen LogP contribution in [0.5, 0.6) is 0 Å². The third-order valence-electron chi connectivity index (χ3n) is 5.30. The molecule has 0 saturated carbocycles. The summed E-state index contributed by atoms with van der Waals surface area (Å²) in [6.07, 6.45) is 0. The van der Waals surface area contributed by atoms with Gasteiger partial charge in [-0.2, -0.15) is 4.31 Å². The summed E-state index contributed by atoms with van der Waals surface area (Å²) in [5.41, 5.74) is 0.852. The van der Waals surface area contributed by atoms with E-state index < -0.39 is 15.9 Å². The van der Waals surface area contributed by atoms with Crippen molar-refractivity contribution < 1.29 is 22.8 Å². The van der Waals surface area contributed by atoms with Gasteiger partial charge in [0.25, 0.3) is 27.7 Å². The highest BCUT2D eigenvalue weighted by atomic mass is 32.2. The maximum atomic E-state index is 12.9. The molecule has 0 atom stereocenters. The van der Waals surface area contributed by atoms with Crippen LogP contribution in [0.1, 0.15) is 44.9 Å². The first kappa shape index (κ1) is 20.7. The fraction of sp³-hybridized carbons (Fsp3) is 0.350. The minimum Gasteiger partial charge on any atom is -0.336 e. The third kappa shape index (κ3) is 3.34. The van der Waals surface area contributed by atoms with Gasteiger partial charge in [0.15, 0.2) is 0 Å². The van der Waals surface area contributed by atoms with E-state index in [0.717, 1.165) is 0 Å². The maximum absolute atomic E-state index is 12.9. The first-order valence-corrected chi connectivity index (χ1v) is 11.9. The van der Waals surface area contributed by atoms with Gasteiger partial charge in [0, 0.05) is 37.8 Å². The molecule has 2 aliphatic heterocycles. The number of piperazine rings is 1. The number of rotatable bonds is 4. The largest absolute Gasteiger partial charge is 0.336 e. The molecule has 3 amide bonds. The second-order valence-corrected chi connectivity index (χ2v) is 10.6. The Hall–Kier alpha value is -2.56. The summed E-state index contributed by atoms with van der Waals surface area (Å²) in [5.74, 6) is -1.03. The second-order valence-electron chi connectivity index (χ2n) is 7.46. The normalized spacial score (nSPS) is 17.7. The SMILES string of the molecule is CC(C)N1C(=O)c2ccc(C(=O)N3CCN(S(=O)(=O)c4cccs4)CC3)cc2C1=O. The Morgan fingerprint density at radius 2 is 1.67 bits per heavy atom. The van der Waals surface area contributed by atoms with Crippen LogP contribution < -0.4 is 0 Å². The summed E-state index contributed by atoms with van der Waals surface area (Å²) in [6.45, 7) is 4.44. The Bertz CT molecular complexity index is 1120. The Balaban J connectivity index is 1.49. The molecule has 1 aromatic heterocycles. The molecular formula is C20H21N3O5S2. The number of sulfonamides is 1. The number of carbonyl (C=O) groups is 3. The van der Waals surface area contributed by atoms with Gasteiger partial charge in [0.1, 0.15) is 4.21 Å². The molecule has 0 N–H and O–H groups in total. The summed E-state index contributed by atoms with van der Waals surface area (Å²) >= 11 is 1.17. The van der Waals surface area contributed by atoms with Gasteiger partial charge >= 0.3 is 0 Å². The van der Waals surface area contributed by atoms with Crippen LogP contribution in [0.3, 0.4) is 0 Å². The molecule has 0 radical (unpaired) electrons. The van der Waals surface area contributed by atoms with Gasteiger partial charge in [-0.1, -0.05) is 6.07 Å². The van der Waals surface area contributed by atoms with E-state index in [-0.39, 0.29) is 49.6 Å². The van der Waals surface area contributed by atoms with Crippen LogP contribution in [0.2, 0.25) is 0 Å². The van der Waals surface area contributed by atoms with E-state index in [0.29, 0.717) is 15.3 Å². The summed E-state index contributed by atoms with van der Waals surface area (Å²) < 4.78 is 26.9. The molecule has 0 bridgehead atoms. The smallest absolute Gasteiger partial charge is 0.261 e. The van der Waals surface area contributed by atoms with Crippen LogP contribution in [0.15, 0.2) is 39.9 Å². The lowest BCUT2D eigenvalue weighted by molar-refractivity contribution is 0.0608. The van der Waals surface area contributed by atoms with Gasteiger partial charge in [-0.05, 0) is 43.5 Å². The van der Waals surface area contributed by atoms with Crippen molar-refractivity contribution in [3.8, 4) is 0 Å². The molecule has 1 aromatic carbocycles. The van der Waals surface area contributed by atoms with Crippen molar-refractivity contribution in [1.82, 2.24) is 14.1 Å². The van der Waals surface area contributed by atoms with Crippen LogP contribution in [-0.4, -0.2) is 72.5 Å². The Morgan fingerprint density at radius 1 is 1.00 bits per heavy atom. The molecule has 0 aliphatic carbocycles. The van der Waals surface area contributed by atoms with Gasteiger partial charge in [0.2, 0.25) is 0 Å². The number of nitrogens with zero attached hydrogens (tertiary/aromatic N) is 3. The van der Waals surface area contributed by atoms with Gasteiger partial charge in [-0.25, -0.2) is 8.42 Å². The predicted octanol–water partition coefficient (Wildman–Crippen LogP) is 1.90. The summed E-state index contributed by atoms with van der Waals surface area (Å²) in [5, 5.41) is 1.72.